The van der Waals surface area contributed by atoms with E-state index in [1.807, 2.05) is 13.8 Å². The van der Waals surface area contributed by atoms with Crippen LogP contribution in [0.2, 0.25) is 0 Å². The Morgan fingerprint density at radius 3 is 2.50 bits per heavy atom. The summed E-state index contributed by atoms with van der Waals surface area (Å²) in [6, 6.07) is 4.90. The zero-order valence-corrected chi connectivity index (χ0v) is 16.2. The zero-order valence-electron chi connectivity index (χ0n) is 16.2. The van der Waals surface area contributed by atoms with Crippen molar-refractivity contribution >= 4 is 17.0 Å². The van der Waals surface area contributed by atoms with E-state index < -0.39 is 5.97 Å². The van der Waals surface area contributed by atoms with E-state index in [2.05, 4.69) is 5.10 Å². The summed E-state index contributed by atoms with van der Waals surface area (Å²) in [5.41, 5.74) is 4.35. The molecule has 4 rings (SSSR count). The summed E-state index contributed by atoms with van der Waals surface area (Å²) in [6.07, 6.45) is 2.63. The number of aromatic nitrogens is 3. The largest absolute Gasteiger partial charge is 0.508 e. The predicted molar refractivity (Wildman–Crippen MR) is 105 cm³/mol. The molecule has 2 N–H and O–H groups in total. The number of carboxylic acids is 1. The average Bonchev–Trinajstić information content (AvgIpc) is 2.98. The number of carbonyl (C=O) groups is 1. The maximum atomic E-state index is 12.0. The quantitative estimate of drug-likeness (QED) is 0.708. The van der Waals surface area contributed by atoms with Crippen molar-refractivity contribution in [1.29, 1.82) is 0 Å². The second-order valence-corrected chi connectivity index (χ2v) is 7.36. The molecule has 1 fully saturated rings. The van der Waals surface area contributed by atoms with Crippen LogP contribution in [0.3, 0.4) is 0 Å². The van der Waals surface area contributed by atoms with Crippen molar-refractivity contribution in [2.24, 2.45) is 0 Å². The Morgan fingerprint density at radius 1 is 1.18 bits per heavy atom. The van der Waals surface area contributed by atoms with Gasteiger partial charge in [0.2, 0.25) is 0 Å². The Hall–Kier alpha value is -2.93. The molecular formula is C21H23N3O4. The molecule has 1 saturated heterocycles. The number of aromatic hydroxyl groups is 1. The van der Waals surface area contributed by atoms with E-state index in [-0.39, 0.29) is 17.5 Å². The molecule has 1 atom stereocenters. The highest BCUT2D eigenvalue weighted by Gasteiger charge is 2.25. The van der Waals surface area contributed by atoms with Crippen molar-refractivity contribution in [3.05, 3.63) is 40.6 Å². The van der Waals surface area contributed by atoms with E-state index in [0.29, 0.717) is 29.0 Å². The van der Waals surface area contributed by atoms with Gasteiger partial charge in [0.15, 0.2) is 11.9 Å². The van der Waals surface area contributed by atoms with Crippen LogP contribution in [0, 0.1) is 20.8 Å². The number of rotatable bonds is 3. The molecule has 3 heterocycles. The Bertz CT molecular complexity index is 1060. The first kappa shape index (κ1) is 18.4. The number of aryl methyl sites for hydroxylation is 3. The lowest BCUT2D eigenvalue weighted by molar-refractivity contribution is -0.0371. The molecular weight excluding hydrogens is 358 g/mol. The van der Waals surface area contributed by atoms with E-state index >= 15 is 0 Å². The number of benzene rings is 1. The number of hydrogen-bond donors (Lipinski definition) is 2. The van der Waals surface area contributed by atoms with Crippen LogP contribution in [0.15, 0.2) is 18.2 Å². The molecule has 0 amide bonds. The molecule has 1 aromatic carbocycles. The standard InChI is InChI=1S/C21H23N3O4/c1-11-8-14(25)9-12(2)18(11)16-10-15(21(26)27)19-13(3)23-24(20(19)22-16)17-6-4-5-7-28-17/h8-10,17,25H,4-7H2,1-3H3,(H,26,27). The first-order chi connectivity index (χ1) is 13.4. The minimum Gasteiger partial charge on any atom is -0.508 e. The minimum atomic E-state index is -1.02. The molecule has 28 heavy (non-hydrogen) atoms. The zero-order chi connectivity index (χ0) is 20.0. The van der Waals surface area contributed by atoms with Crippen LogP contribution in [0.5, 0.6) is 5.75 Å². The van der Waals surface area contributed by atoms with Gasteiger partial charge in [-0.3, -0.25) is 0 Å². The number of nitrogens with zero attached hydrogens (tertiary/aromatic N) is 3. The molecule has 0 bridgehead atoms. The first-order valence-corrected chi connectivity index (χ1v) is 9.42. The van der Waals surface area contributed by atoms with E-state index in [1.54, 1.807) is 29.8 Å². The summed E-state index contributed by atoms with van der Waals surface area (Å²) in [7, 11) is 0. The fourth-order valence-electron chi connectivity index (χ4n) is 4.07. The summed E-state index contributed by atoms with van der Waals surface area (Å²) in [5.74, 6) is -0.843. The fourth-order valence-corrected chi connectivity index (χ4v) is 4.07. The van der Waals surface area contributed by atoms with Crippen LogP contribution in [-0.2, 0) is 4.74 Å². The number of ether oxygens (including phenoxy) is 1. The molecule has 146 valence electrons. The van der Waals surface area contributed by atoms with Gasteiger partial charge in [0, 0.05) is 12.2 Å². The summed E-state index contributed by atoms with van der Waals surface area (Å²) in [4.78, 5) is 16.8. The van der Waals surface area contributed by atoms with Crippen molar-refractivity contribution in [1.82, 2.24) is 14.8 Å². The highest BCUT2D eigenvalue weighted by Crippen LogP contribution is 2.34. The van der Waals surface area contributed by atoms with Gasteiger partial charge >= 0.3 is 5.97 Å². The average molecular weight is 381 g/mol. The molecule has 0 radical (unpaired) electrons. The SMILES string of the molecule is Cc1cc(O)cc(C)c1-c1cc(C(=O)O)c2c(C)nn(C3CCCCO3)c2n1. The molecule has 3 aromatic rings. The van der Waals surface area contributed by atoms with Gasteiger partial charge in [0.25, 0.3) is 0 Å². The van der Waals surface area contributed by atoms with E-state index in [4.69, 9.17) is 9.72 Å². The topological polar surface area (TPSA) is 97.5 Å². The van der Waals surface area contributed by atoms with E-state index in [1.165, 1.54) is 0 Å². The third-order valence-corrected chi connectivity index (χ3v) is 5.27. The molecule has 7 nitrogen and oxygen atoms in total. The van der Waals surface area contributed by atoms with Crippen molar-refractivity contribution in [3.8, 4) is 17.0 Å². The van der Waals surface area contributed by atoms with Crippen LogP contribution >= 0.6 is 0 Å². The Balaban J connectivity index is 2.00. The summed E-state index contributed by atoms with van der Waals surface area (Å²) in [5, 5.41) is 24.8. The third-order valence-electron chi connectivity index (χ3n) is 5.27. The highest BCUT2D eigenvalue weighted by molar-refractivity contribution is 6.04. The van der Waals surface area contributed by atoms with Gasteiger partial charge in [0.05, 0.1) is 22.3 Å². The summed E-state index contributed by atoms with van der Waals surface area (Å²) in [6.45, 7) is 6.21. The number of aromatic carboxylic acids is 1. The number of carboxylic acid groups (broad SMARTS) is 1. The number of hydrogen-bond acceptors (Lipinski definition) is 5. The number of pyridine rings is 1. The fraction of sp³-hybridized carbons (Fsp3) is 0.381. The van der Waals surface area contributed by atoms with Crippen LogP contribution in [-0.4, -0.2) is 37.6 Å². The van der Waals surface area contributed by atoms with Gasteiger partial charge in [0.1, 0.15) is 5.75 Å². The highest BCUT2D eigenvalue weighted by atomic mass is 16.5. The maximum absolute atomic E-state index is 12.0. The maximum Gasteiger partial charge on any atom is 0.336 e. The van der Waals surface area contributed by atoms with Gasteiger partial charge in [-0.1, -0.05) is 0 Å². The smallest absolute Gasteiger partial charge is 0.336 e. The van der Waals surface area contributed by atoms with Crippen molar-refractivity contribution in [3.63, 3.8) is 0 Å². The molecule has 1 unspecified atom stereocenters. The molecule has 0 spiro atoms. The lowest BCUT2D eigenvalue weighted by Gasteiger charge is -2.23. The van der Waals surface area contributed by atoms with E-state index in [9.17, 15) is 15.0 Å². The van der Waals surface area contributed by atoms with Crippen LogP contribution in [0.1, 0.15) is 52.7 Å². The third kappa shape index (κ3) is 3.01. The van der Waals surface area contributed by atoms with Crippen LogP contribution in [0.4, 0.5) is 0 Å². The summed E-state index contributed by atoms with van der Waals surface area (Å²) < 4.78 is 7.60. The molecule has 1 aliphatic rings. The van der Waals surface area contributed by atoms with Crippen molar-refractivity contribution in [2.75, 3.05) is 6.61 Å². The minimum absolute atomic E-state index is 0.173. The normalized spacial score (nSPS) is 17.2. The first-order valence-electron chi connectivity index (χ1n) is 9.42. The van der Waals surface area contributed by atoms with Gasteiger partial charge in [-0.15, -0.1) is 0 Å². The second-order valence-electron chi connectivity index (χ2n) is 7.36. The van der Waals surface area contributed by atoms with Crippen molar-refractivity contribution < 1.29 is 19.7 Å². The number of fused-ring (bicyclic) bond motifs is 1. The van der Waals surface area contributed by atoms with Crippen molar-refractivity contribution in [2.45, 2.75) is 46.3 Å². The predicted octanol–water partition coefficient (Wildman–Crippen LogP) is 4.13. The monoisotopic (exact) mass is 381 g/mol. The van der Waals surface area contributed by atoms with Crippen LogP contribution < -0.4 is 0 Å². The molecule has 2 aromatic heterocycles. The molecule has 0 saturated carbocycles. The Kier molecular flexibility index (Phi) is 4.55. The molecule has 1 aliphatic heterocycles. The summed E-state index contributed by atoms with van der Waals surface area (Å²) >= 11 is 0. The van der Waals surface area contributed by atoms with Gasteiger partial charge in [-0.25, -0.2) is 14.5 Å². The lowest BCUT2D eigenvalue weighted by atomic mass is 9.97. The van der Waals surface area contributed by atoms with E-state index in [0.717, 1.165) is 36.0 Å². The Morgan fingerprint density at radius 2 is 1.89 bits per heavy atom. The molecule has 7 heteroatoms. The number of phenolic OH excluding ortho intramolecular Hbond substituents is 1. The van der Waals surface area contributed by atoms with Gasteiger partial charge in [-0.05, 0) is 69.4 Å². The molecule has 0 aliphatic carbocycles. The second kappa shape index (κ2) is 6.91. The van der Waals surface area contributed by atoms with Gasteiger partial charge < -0.3 is 14.9 Å². The lowest BCUT2D eigenvalue weighted by Crippen LogP contribution is -2.19. The van der Waals surface area contributed by atoms with Gasteiger partial charge in [-0.2, -0.15) is 5.10 Å². The number of phenols is 1. The van der Waals surface area contributed by atoms with Crippen LogP contribution in [0.25, 0.3) is 22.3 Å². The Labute approximate surface area is 162 Å².